The fraction of sp³-hybridized carbons (Fsp3) is 0.250. The number of carbonyl (C=O) groups excluding carboxylic acids is 2. The second-order valence-corrected chi connectivity index (χ2v) is 8.33. The van der Waals surface area contributed by atoms with Gasteiger partial charge in [-0.25, -0.2) is 4.98 Å². The molecule has 1 aromatic carbocycles. The molecular formula is C20H19ClN4O3S. The van der Waals surface area contributed by atoms with Gasteiger partial charge in [0.05, 0.1) is 33.9 Å². The highest BCUT2D eigenvalue weighted by Crippen LogP contribution is 2.23. The van der Waals surface area contributed by atoms with Crippen molar-refractivity contribution in [2.75, 3.05) is 24.7 Å². The molecule has 1 aliphatic heterocycles. The Morgan fingerprint density at radius 1 is 1.24 bits per heavy atom. The van der Waals surface area contributed by atoms with E-state index >= 15 is 0 Å². The largest absolute Gasteiger partial charge is 0.370 e. The maximum atomic E-state index is 12.3. The number of morpholine rings is 1. The van der Waals surface area contributed by atoms with Crippen LogP contribution in [0.2, 0.25) is 4.34 Å². The van der Waals surface area contributed by atoms with E-state index in [1.165, 1.54) is 11.3 Å². The molecule has 1 fully saturated rings. The van der Waals surface area contributed by atoms with Crippen molar-refractivity contribution >= 4 is 40.4 Å². The highest BCUT2D eigenvalue weighted by molar-refractivity contribution is 7.18. The monoisotopic (exact) mass is 430 g/mol. The summed E-state index contributed by atoms with van der Waals surface area (Å²) in [7, 11) is 0. The number of hydrogen-bond acceptors (Lipinski definition) is 5. The summed E-state index contributed by atoms with van der Waals surface area (Å²) < 4.78 is 7.63. The predicted molar refractivity (Wildman–Crippen MR) is 112 cm³/mol. The second kappa shape index (κ2) is 8.36. The van der Waals surface area contributed by atoms with Gasteiger partial charge in [0.25, 0.3) is 11.8 Å². The van der Waals surface area contributed by atoms with Gasteiger partial charge in [-0.05, 0) is 43.3 Å². The van der Waals surface area contributed by atoms with Crippen molar-refractivity contribution in [3.63, 3.8) is 0 Å². The van der Waals surface area contributed by atoms with Crippen LogP contribution < -0.4 is 10.2 Å². The van der Waals surface area contributed by atoms with E-state index < -0.39 is 0 Å². The number of hydrogen-bond donors (Lipinski definition) is 1. The first-order valence-corrected chi connectivity index (χ1v) is 10.3. The van der Waals surface area contributed by atoms with Gasteiger partial charge in [0.2, 0.25) is 0 Å². The Labute approximate surface area is 176 Å². The number of ether oxygens (including phenoxy) is 1. The van der Waals surface area contributed by atoms with Gasteiger partial charge in [-0.2, -0.15) is 0 Å². The third kappa shape index (κ3) is 4.34. The molecule has 4 rings (SSSR count). The molecule has 1 N–H and O–H groups in total. The van der Waals surface area contributed by atoms with Crippen LogP contribution >= 0.6 is 22.9 Å². The number of thiophene rings is 1. The number of rotatable bonds is 5. The topological polar surface area (TPSA) is 76.5 Å². The summed E-state index contributed by atoms with van der Waals surface area (Å²) in [5, 5.41) is 2.93. The lowest BCUT2D eigenvalue weighted by Gasteiger charge is -2.26. The summed E-state index contributed by atoms with van der Waals surface area (Å²) in [6.45, 7) is 3.10. The van der Waals surface area contributed by atoms with Gasteiger partial charge in [-0.15, -0.1) is 11.3 Å². The Bertz CT molecular complexity index is 1030. The molecule has 0 aliphatic carbocycles. The number of imidazole rings is 1. The first kappa shape index (κ1) is 19.6. The molecule has 150 valence electrons. The van der Waals surface area contributed by atoms with Gasteiger partial charge in [-0.3, -0.25) is 9.59 Å². The minimum Gasteiger partial charge on any atom is -0.370 e. The van der Waals surface area contributed by atoms with Crippen LogP contribution in [0.3, 0.4) is 0 Å². The fourth-order valence-electron chi connectivity index (χ4n) is 3.08. The van der Waals surface area contributed by atoms with E-state index in [0.717, 1.165) is 17.1 Å². The number of nitrogens with one attached hydrogen (secondary N) is 1. The first-order valence-electron chi connectivity index (χ1n) is 9.10. The van der Waals surface area contributed by atoms with Gasteiger partial charge < -0.3 is 19.5 Å². The van der Waals surface area contributed by atoms with Gasteiger partial charge in [0, 0.05) is 24.1 Å². The summed E-state index contributed by atoms with van der Waals surface area (Å²) in [5.41, 5.74) is 2.50. The highest BCUT2D eigenvalue weighted by atomic mass is 35.5. The lowest BCUT2D eigenvalue weighted by Crippen LogP contribution is -2.41. The van der Waals surface area contributed by atoms with Crippen molar-refractivity contribution in [1.29, 1.82) is 0 Å². The van der Waals surface area contributed by atoms with Crippen molar-refractivity contribution in [2.24, 2.45) is 0 Å². The molecule has 2 amide bonds. The van der Waals surface area contributed by atoms with E-state index in [9.17, 15) is 9.59 Å². The third-order valence-corrected chi connectivity index (χ3v) is 5.87. The highest BCUT2D eigenvalue weighted by Gasteiger charge is 2.20. The van der Waals surface area contributed by atoms with E-state index in [1.807, 2.05) is 42.0 Å². The van der Waals surface area contributed by atoms with E-state index in [0.29, 0.717) is 22.4 Å². The van der Waals surface area contributed by atoms with Crippen molar-refractivity contribution in [2.45, 2.75) is 13.0 Å². The summed E-state index contributed by atoms with van der Waals surface area (Å²) >= 11 is 7.13. The Morgan fingerprint density at radius 2 is 2.00 bits per heavy atom. The summed E-state index contributed by atoms with van der Waals surface area (Å²) in [4.78, 5) is 31.0. The van der Waals surface area contributed by atoms with E-state index in [2.05, 4.69) is 10.3 Å². The summed E-state index contributed by atoms with van der Waals surface area (Å²) in [6, 6.07) is 10.8. The summed E-state index contributed by atoms with van der Waals surface area (Å²) in [5.74, 6) is -0.214. The van der Waals surface area contributed by atoms with Crippen LogP contribution in [-0.4, -0.2) is 41.1 Å². The molecular weight excluding hydrogens is 412 g/mol. The van der Waals surface area contributed by atoms with Crippen LogP contribution in [-0.2, 0) is 9.53 Å². The lowest BCUT2D eigenvalue weighted by atomic mass is 10.2. The number of amides is 2. The Kier molecular flexibility index (Phi) is 5.66. The zero-order valence-electron chi connectivity index (χ0n) is 15.7. The SMILES string of the molecule is CC(NC(=O)c1ccc(Cl)s1)c1cn(-c2ccc(N3CCOCC3=O)cc2)cn1. The van der Waals surface area contributed by atoms with Crippen molar-refractivity contribution < 1.29 is 14.3 Å². The molecule has 0 radical (unpaired) electrons. The molecule has 0 bridgehead atoms. The van der Waals surface area contributed by atoms with Crippen LogP contribution in [0.15, 0.2) is 48.9 Å². The van der Waals surface area contributed by atoms with Crippen LogP contribution in [0.1, 0.15) is 28.3 Å². The molecule has 1 saturated heterocycles. The van der Waals surface area contributed by atoms with Gasteiger partial charge in [0.15, 0.2) is 0 Å². The average Bonchev–Trinajstić information content (AvgIpc) is 3.38. The standard InChI is InChI=1S/C20H19ClN4O3S/c1-13(23-20(27)17-6-7-18(21)29-17)16-10-24(12-22-16)14-2-4-15(5-3-14)25-8-9-28-11-19(25)26/h2-7,10,12-13H,8-9,11H2,1H3,(H,23,27). The molecule has 2 aromatic heterocycles. The van der Waals surface area contributed by atoms with Gasteiger partial charge in [-0.1, -0.05) is 11.6 Å². The zero-order valence-corrected chi connectivity index (χ0v) is 17.2. The second-order valence-electron chi connectivity index (χ2n) is 6.62. The van der Waals surface area contributed by atoms with E-state index in [-0.39, 0.29) is 24.5 Å². The molecule has 7 nitrogen and oxygen atoms in total. The van der Waals surface area contributed by atoms with Crippen molar-refractivity contribution in [1.82, 2.24) is 14.9 Å². The molecule has 0 spiro atoms. The van der Waals surface area contributed by atoms with Crippen molar-refractivity contribution in [3.8, 4) is 5.69 Å². The molecule has 1 aliphatic rings. The molecule has 0 saturated carbocycles. The first-order chi connectivity index (χ1) is 14.0. The normalized spacial score (nSPS) is 15.4. The van der Waals surface area contributed by atoms with Crippen LogP contribution in [0.5, 0.6) is 0 Å². The maximum absolute atomic E-state index is 12.3. The zero-order chi connectivity index (χ0) is 20.4. The number of benzene rings is 1. The van der Waals surface area contributed by atoms with Crippen LogP contribution in [0, 0.1) is 0 Å². The van der Waals surface area contributed by atoms with Crippen molar-refractivity contribution in [3.05, 3.63) is 63.8 Å². The molecule has 3 heterocycles. The molecule has 1 unspecified atom stereocenters. The number of nitrogens with zero attached hydrogens (tertiary/aromatic N) is 3. The Balaban J connectivity index is 1.44. The minimum atomic E-state index is -0.255. The molecule has 9 heteroatoms. The maximum Gasteiger partial charge on any atom is 0.261 e. The number of halogens is 1. The molecule has 3 aromatic rings. The fourth-order valence-corrected chi connectivity index (χ4v) is 4.02. The molecule has 1 atom stereocenters. The minimum absolute atomic E-state index is 0.0366. The summed E-state index contributed by atoms with van der Waals surface area (Å²) in [6.07, 6.45) is 3.58. The number of aromatic nitrogens is 2. The smallest absolute Gasteiger partial charge is 0.261 e. The van der Waals surface area contributed by atoms with Crippen LogP contribution in [0.25, 0.3) is 5.69 Å². The van der Waals surface area contributed by atoms with E-state index in [4.69, 9.17) is 16.3 Å². The average molecular weight is 431 g/mol. The van der Waals surface area contributed by atoms with Gasteiger partial charge in [0.1, 0.15) is 6.61 Å². The quantitative estimate of drug-likeness (QED) is 0.672. The Morgan fingerprint density at radius 3 is 2.69 bits per heavy atom. The number of carbonyl (C=O) groups is 2. The predicted octanol–water partition coefficient (Wildman–Crippen LogP) is 3.44. The third-order valence-electron chi connectivity index (χ3n) is 4.64. The Hall–Kier alpha value is -2.68. The number of anilines is 1. The van der Waals surface area contributed by atoms with Gasteiger partial charge >= 0.3 is 0 Å². The van der Waals surface area contributed by atoms with Crippen LogP contribution in [0.4, 0.5) is 5.69 Å². The molecule has 29 heavy (non-hydrogen) atoms. The lowest BCUT2D eigenvalue weighted by molar-refractivity contribution is -0.125. The van der Waals surface area contributed by atoms with E-state index in [1.54, 1.807) is 23.4 Å².